The number of aryl methyl sites for hydroxylation is 1. The van der Waals surface area contributed by atoms with E-state index >= 15 is 0 Å². The summed E-state index contributed by atoms with van der Waals surface area (Å²) in [5.41, 5.74) is 3.13. The van der Waals surface area contributed by atoms with Crippen LogP contribution in [0, 0.1) is 12.8 Å². The van der Waals surface area contributed by atoms with E-state index in [0.717, 1.165) is 49.7 Å². The molecule has 0 spiro atoms. The van der Waals surface area contributed by atoms with Crippen molar-refractivity contribution >= 4 is 41.5 Å². The van der Waals surface area contributed by atoms with Crippen LogP contribution in [0.3, 0.4) is 0 Å². The number of carbonyl (C=O) groups is 1. The lowest BCUT2D eigenvalue weighted by Crippen LogP contribution is -2.45. The molecule has 0 bridgehead atoms. The van der Waals surface area contributed by atoms with Gasteiger partial charge in [0.05, 0.1) is 12.2 Å². The molecule has 1 aliphatic heterocycles. The smallest absolute Gasteiger partial charge is 0.225 e. The fourth-order valence-corrected chi connectivity index (χ4v) is 4.47. The van der Waals surface area contributed by atoms with Crippen LogP contribution in [0.15, 0.2) is 29.5 Å². The second-order valence-electron chi connectivity index (χ2n) is 8.38. The highest BCUT2D eigenvalue weighted by Gasteiger charge is 2.31. The van der Waals surface area contributed by atoms with Crippen molar-refractivity contribution in [2.45, 2.75) is 58.0 Å². The summed E-state index contributed by atoms with van der Waals surface area (Å²) < 4.78 is 2.03. The van der Waals surface area contributed by atoms with Gasteiger partial charge in [-0.2, -0.15) is 0 Å². The number of nitrogens with one attached hydrogen (secondary N) is 2. The van der Waals surface area contributed by atoms with E-state index in [1.54, 1.807) is 7.05 Å². The van der Waals surface area contributed by atoms with E-state index in [-0.39, 0.29) is 35.9 Å². The van der Waals surface area contributed by atoms with Crippen LogP contribution in [0.25, 0.3) is 5.65 Å². The zero-order valence-electron chi connectivity index (χ0n) is 17.9. The molecule has 4 rings (SSSR count). The molecule has 1 aliphatic carbocycles. The van der Waals surface area contributed by atoms with Crippen molar-refractivity contribution in [3.05, 3.63) is 35.8 Å². The molecule has 2 aromatic heterocycles. The molecular weight excluding hydrogens is 491 g/mol. The number of nitrogens with zero attached hydrogens (tertiary/aromatic N) is 4. The minimum Gasteiger partial charge on any atom is -0.352 e. The van der Waals surface area contributed by atoms with Gasteiger partial charge in [0.2, 0.25) is 5.91 Å². The molecule has 1 unspecified atom stereocenters. The highest BCUT2D eigenvalue weighted by Crippen LogP contribution is 2.26. The summed E-state index contributed by atoms with van der Waals surface area (Å²) in [5.74, 6) is 1.37. The number of rotatable bonds is 4. The lowest BCUT2D eigenvalue weighted by molar-refractivity contribution is -0.135. The van der Waals surface area contributed by atoms with Crippen LogP contribution in [0.5, 0.6) is 0 Å². The van der Waals surface area contributed by atoms with Gasteiger partial charge in [-0.25, -0.2) is 4.98 Å². The average molecular weight is 524 g/mol. The molecular formula is C22H33IN6O. The van der Waals surface area contributed by atoms with Gasteiger partial charge < -0.3 is 19.9 Å². The molecule has 1 saturated heterocycles. The van der Waals surface area contributed by atoms with Crippen LogP contribution in [0.2, 0.25) is 0 Å². The number of halogens is 1. The first-order valence-electron chi connectivity index (χ1n) is 10.8. The molecule has 30 heavy (non-hydrogen) atoms. The Kier molecular flexibility index (Phi) is 7.96. The van der Waals surface area contributed by atoms with Gasteiger partial charge in [0.1, 0.15) is 5.65 Å². The molecule has 2 fully saturated rings. The maximum absolute atomic E-state index is 12.8. The first kappa shape index (κ1) is 22.8. The van der Waals surface area contributed by atoms with E-state index in [1.165, 1.54) is 24.8 Å². The Morgan fingerprint density at radius 1 is 1.27 bits per heavy atom. The predicted octanol–water partition coefficient (Wildman–Crippen LogP) is 3.11. The Hall–Kier alpha value is -1.84. The van der Waals surface area contributed by atoms with Crippen molar-refractivity contribution in [2.24, 2.45) is 10.9 Å². The predicted molar refractivity (Wildman–Crippen MR) is 130 cm³/mol. The number of fused-ring (bicyclic) bond motifs is 1. The molecule has 1 amide bonds. The molecule has 2 aliphatic rings. The summed E-state index contributed by atoms with van der Waals surface area (Å²) >= 11 is 0. The number of amides is 1. The fourth-order valence-electron chi connectivity index (χ4n) is 4.47. The largest absolute Gasteiger partial charge is 0.352 e. The van der Waals surface area contributed by atoms with Crippen molar-refractivity contribution in [3.8, 4) is 0 Å². The lowest BCUT2D eigenvalue weighted by Gasteiger charge is -2.26. The first-order chi connectivity index (χ1) is 14.1. The Labute approximate surface area is 195 Å². The van der Waals surface area contributed by atoms with Gasteiger partial charge >= 0.3 is 0 Å². The molecule has 1 saturated carbocycles. The standard InChI is InChI=1S/C22H32N6O.HI/c1-16-8-10-27-15-19(25-20(27)12-16)13-24-22(23-2)26-18-9-11-28(14-18)21(29)17-6-4-3-5-7-17;/h8,10,12,15,17-18H,3-7,9,11,13-14H2,1-2H3,(H2,23,24,26);1H. The van der Waals surface area contributed by atoms with Gasteiger partial charge in [0.25, 0.3) is 0 Å². The molecule has 164 valence electrons. The Morgan fingerprint density at radius 2 is 2.07 bits per heavy atom. The Morgan fingerprint density at radius 3 is 2.83 bits per heavy atom. The first-order valence-corrected chi connectivity index (χ1v) is 10.8. The minimum atomic E-state index is 0. The van der Waals surface area contributed by atoms with Crippen LogP contribution in [-0.4, -0.2) is 52.3 Å². The van der Waals surface area contributed by atoms with Crippen molar-refractivity contribution in [3.63, 3.8) is 0 Å². The molecule has 1 atom stereocenters. The van der Waals surface area contributed by atoms with E-state index < -0.39 is 0 Å². The van der Waals surface area contributed by atoms with Crippen LogP contribution < -0.4 is 10.6 Å². The molecule has 3 heterocycles. The third-order valence-electron chi connectivity index (χ3n) is 6.12. The summed E-state index contributed by atoms with van der Waals surface area (Å²) in [5, 5.41) is 6.83. The number of carbonyl (C=O) groups excluding carboxylic acids is 1. The van der Waals surface area contributed by atoms with Crippen molar-refractivity contribution in [2.75, 3.05) is 20.1 Å². The number of hydrogen-bond acceptors (Lipinski definition) is 3. The van der Waals surface area contributed by atoms with Gasteiger partial charge in [0, 0.05) is 44.5 Å². The third kappa shape index (κ3) is 5.44. The molecule has 2 aromatic rings. The summed E-state index contributed by atoms with van der Waals surface area (Å²) in [6.07, 6.45) is 10.8. The number of likely N-dealkylation sites (tertiary alicyclic amines) is 1. The zero-order valence-corrected chi connectivity index (χ0v) is 20.3. The van der Waals surface area contributed by atoms with Crippen LogP contribution in [0.4, 0.5) is 0 Å². The SMILES string of the molecule is CN=C(NCc1cn2ccc(C)cc2n1)NC1CCN(C(=O)C2CCCCC2)C1.I. The maximum Gasteiger partial charge on any atom is 0.225 e. The van der Waals surface area contributed by atoms with Gasteiger partial charge in [-0.1, -0.05) is 19.3 Å². The fraction of sp³-hybridized carbons (Fsp3) is 0.591. The maximum atomic E-state index is 12.8. The highest BCUT2D eigenvalue weighted by atomic mass is 127. The summed E-state index contributed by atoms with van der Waals surface area (Å²) in [7, 11) is 1.78. The van der Waals surface area contributed by atoms with Gasteiger partial charge in [0.15, 0.2) is 5.96 Å². The monoisotopic (exact) mass is 524 g/mol. The van der Waals surface area contributed by atoms with Gasteiger partial charge in [-0.15, -0.1) is 24.0 Å². The van der Waals surface area contributed by atoms with Crippen LogP contribution >= 0.6 is 24.0 Å². The topological polar surface area (TPSA) is 74.0 Å². The molecule has 8 heteroatoms. The van der Waals surface area contributed by atoms with Crippen LogP contribution in [0.1, 0.15) is 49.8 Å². The van der Waals surface area contributed by atoms with Gasteiger partial charge in [-0.3, -0.25) is 9.79 Å². The second-order valence-corrected chi connectivity index (χ2v) is 8.38. The van der Waals surface area contributed by atoms with E-state index in [4.69, 9.17) is 0 Å². The Balaban J connectivity index is 0.00000256. The molecule has 0 aromatic carbocycles. The van der Waals surface area contributed by atoms with Crippen molar-refractivity contribution in [1.82, 2.24) is 24.9 Å². The van der Waals surface area contributed by atoms with E-state index in [0.29, 0.717) is 12.5 Å². The Bertz CT molecular complexity index is 889. The summed E-state index contributed by atoms with van der Waals surface area (Å²) in [4.78, 5) is 23.8. The quantitative estimate of drug-likeness (QED) is 0.367. The summed E-state index contributed by atoms with van der Waals surface area (Å²) in [6, 6.07) is 4.40. The second kappa shape index (κ2) is 10.5. The number of guanidine groups is 1. The van der Waals surface area contributed by atoms with Crippen LogP contribution in [-0.2, 0) is 11.3 Å². The normalized spacial score (nSPS) is 20.3. The molecule has 7 nitrogen and oxygen atoms in total. The number of aliphatic imine (C=N–C) groups is 1. The number of pyridine rings is 1. The zero-order chi connectivity index (χ0) is 20.2. The third-order valence-corrected chi connectivity index (χ3v) is 6.12. The highest BCUT2D eigenvalue weighted by molar-refractivity contribution is 14.0. The number of aromatic nitrogens is 2. The van der Waals surface area contributed by atoms with Crippen molar-refractivity contribution in [1.29, 1.82) is 0 Å². The molecule has 0 radical (unpaired) electrons. The van der Waals surface area contributed by atoms with E-state index in [1.807, 2.05) is 21.7 Å². The van der Waals surface area contributed by atoms with E-state index in [2.05, 4.69) is 39.7 Å². The minimum absolute atomic E-state index is 0. The van der Waals surface area contributed by atoms with Gasteiger partial charge in [-0.05, 0) is 43.9 Å². The lowest BCUT2D eigenvalue weighted by atomic mass is 9.88. The number of hydrogen-bond donors (Lipinski definition) is 2. The van der Waals surface area contributed by atoms with Crippen molar-refractivity contribution < 1.29 is 4.79 Å². The number of imidazole rings is 1. The summed E-state index contributed by atoms with van der Waals surface area (Å²) in [6.45, 7) is 4.29. The average Bonchev–Trinajstić information content (AvgIpc) is 3.37. The molecule has 2 N–H and O–H groups in total. The van der Waals surface area contributed by atoms with E-state index in [9.17, 15) is 4.79 Å².